The van der Waals surface area contributed by atoms with Crippen LogP contribution in [0, 0.1) is 23.7 Å². The molecule has 0 radical (unpaired) electrons. The van der Waals surface area contributed by atoms with Crippen LogP contribution >= 0.6 is 0 Å². The lowest BCUT2D eigenvalue weighted by Crippen LogP contribution is -2.61. The van der Waals surface area contributed by atoms with Gasteiger partial charge in [-0.3, -0.25) is 58.3 Å². The molecule has 0 aliphatic carbocycles. The van der Waals surface area contributed by atoms with Gasteiger partial charge in [-0.1, -0.05) is 64.1 Å². The van der Waals surface area contributed by atoms with Crippen LogP contribution in [-0.4, -0.2) is 148 Å². The molecule has 90 heavy (non-hydrogen) atoms. The molecule has 6 amide bonds. The van der Waals surface area contributed by atoms with Crippen LogP contribution in [-0.2, 0) is 52.6 Å². The molecule has 1 unspecified atom stereocenters. The Morgan fingerprint density at radius 2 is 0.978 bits per heavy atom. The molecule has 22 nitrogen and oxygen atoms in total. The molecule has 2 saturated heterocycles. The predicted octanol–water partition coefficient (Wildman–Crippen LogP) is 7.13. The molecule has 22 heteroatoms. The zero-order chi connectivity index (χ0) is 65.5. The maximum atomic E-state index is 13.6. The smallest absolute Gasteiger partial charge is 0.310 e. The number of amides is 6. The van der Waals surface area contributed by atoms with Gasteiger partial charge in [-0.05, 0) is 184 Å². The Hall–Kier alpha value is -7.95. The number of esters is 2. The molecule has 2 aromatic carbocycles. The maximum Gasteiger partial charge on any atom is 0.310 e. The summed E-state index contributed by atoms with van der Waals surface area (Å²) in [5, 5.41) is 18.2. The minimum Gasteiger partial charge on any atom is -0.452 e. The number of nitrogens with one attached hydrogen (secondary N) is 6. The van der Waals surface area contributed by atoms with Gasteiger partial charge in [0.05, 0.1) is 35.3 Å². The van der Waals surface area contributed by atoms with Crippen LogP contribution < -0.4 is 32.1 Å². The Balaban J connectivity index is 0.000000256. The summed E-state index contributed by atoms with van der Waals surface area (Å²) in [7, 11) is 4.01. The van der Waals surface area contributed by atoms with Crippen LogP contribution in [0.5, 0.6) is 0 Å². The van der Waals surface area contributed by atoms with E-state index in [9.17, 15) is 43.2 Å². The molecule has 10 bridgehead atoms. The van der Waals surface area contributed by atoms with E-state index >= 15 is 0 Å². The predicted molar refractivity (Wildman–Crippen MR) is 344 cm³/mol. The molecule has 0 spiro atoms. The molecule has 4 aliphatic rings. The highest BCUT2D eigenvalue weighted by Crippen LogP contribution is 2.27. The summed E-state index contributed by atoms with van der Waals surface area (Å²) in [4.78, 5) is 130. The van der Waals surface area contributed by atoms with E-state index in [0.717, 1.165) is 44.8 Å². The number of aromatic nitrogens is 2. The van der Waals surface area contributed by atoms with Gasteiger partial charge >= 0.3 is 11.9 Å². The van der Waals surface area contributed by atoms with Gasteiger partial charge in [0, 0.05) is 48.7 Å². The molecule has 6 N–H and O–H groups in total. The molecule has 0 saturated carbocycles. The SMILES string of the molecule is CC(=O)CC[C@@H]1C/C=C/c2cc3cc(ccc3cn2)[C@@H](C)NC(=O)[C@@H]2CCCN(N2)C(=O)[C@H](C)NC(=O)[C@H](C(C)C)OC1=O.CC(C)[C@@H]1OC(=O)[C@H](CCC(C)N(C)C)C/C=C/c2cc3cc(ccc3cn2)[C@@H](C)NC(=O)[C@@H]2CCCN(N2)C(=O)[C@H](C)NC1=O. The largest absolute Gasteiger partial charge is 0.452 e. The standard InChI is InChI=1S/C35H50N6O5.C33H43N5O6/c1-21(2)31-33(43)38-24(5)34(44)41-17-9-12-30(39-41)32(42)37-23(4)26-15-16-27-20-36-29(19-28(27)18-26)11-8-10-25(35(45)46-31)14-13-22(3)40(6)7;1-19(2)29-31(41)36-22(5)32(42)38-15-7-10-28(37-38)30(40)35-21(4)24-13-14-25-18-34-27(17-26(25)16-24)9-6-8-23(33(43)44-29)12-11-20(3)39/h8,11,15-16,18-25,30-31,39H,9-10,12-14,17H2,1-7H3,(H,37,42)(H,38,43);6,9,13-14,16-19,21-23,28-29,37H,7-8,10-12,15H2,1-5H3,(H,35,40)(H,36,41)/b11-8+;9-6+/t22?,23-,24+,25+,30+,31+;21-,22+,23+,28+,29+/m11/s1. The average molecular weight is 1240 g/mol. The fourth-order valence-corrected chi connectivity index (χ4v) is 11.2. The van der Waals surface area contributed by atoms with Gasteiger partial charge in [0.1, 0.15) is 30.0 Å². The highest BCUT2D eigenvalue weighted by atomic mass is 16.6. The highest BCUT2D eigenvalue weighted by molar-refractivity contribution is 5.93. The Bertz CT molecular complexity index is 3310. The first kappa shape index (κ1) is 69.5. The average Bonchev–Trinajstić information content (AvgIpc) is 1.41. The number of ether oxygens (including phenoxy) is 2. The molecule has 4 aromatic rings. The number of hydrogen-bond donors (Lipinski definition) is 6. The van der Waals surface area contributed by atoms with E-state index in [4.69, 9.17) is 9.47 Å². The van der Waals surface area contributed by atoms with Crippen molar-refractivity contribution in [3.63, 3.8) is 0 Å². The number of Topliss-reactive ketones (excluding diaryl/α,β-unsaturated/α-hetero) is 1. The number of carbonyl (C=O) groups excluding carboxylic acids is 9. The topological polar surface area (TPSA) is 280 Å². The van der Waals surface area contributed by atoms with Gasteiger partial charge in [0.15, 0.2) is 12.2 Å². The van der Waals surface area contributed by atoms with Crippen molar-refractivity contribution in [2.45, 2.75) is 188 Å². The van der Waals surface area contributed by atoms with Crippen LogP contribution in [0.4, 0.5) is 0 Å². The van der Waals surface area contributed by atoms with Crippen molar-refractivity contribution in [3.8, 4) is 0 Å². The number of nitrogens with zero attached hydrogens (tertiary/aromatic N) is 5. The third-order valence-electron chi connectivity index (χ3n) is 17.2. The van der Waals surface area contributed by atoms with Crippen molar-refractivity contribution in [3.05, 3.63) is 95.6 Å². The van der Waals surface area contributed by atoms with Crippen molar-refractivity contribution >= 4 is 86.9 Å². The summed E-state index contributed by atoms with van der Waals surface area (Å²) in [6.45, 7) is 18.5. The number of hydrogen-bond acceptors (Lipinski definition) is 16. The lowest BCUT2D eigenvalue weighted by Gasteiger charge is -2.35. The molecule has 2 fully saturated rings. The zero-order valence-electron chi connectivity index (χ0n) is 54.3. The Morgan fingerprint density at radius 3 is 1.38 bits per heavy atom. The Morgan fingerprint density at radius 1 is 0.567 bits per heavy atom. The number of allylic oxidation sites excluding steroid dienone is 2. The van der Waals surface area contributed by atoms with Crippen molar-refractivity contribution in [2.75, 3.05) is 27.2 Å². The van der Waals surface area contributed by atoms with Crippen molar-refractivity contribution in [1.29, 1.82) is 0 Å². The second-order valence-electron chi connectivity index (χ2n) is 25.5. The fourth-order valence-electron chi connectivity index (χ4n) is 11.2. The lowest BCUT2D eigenvalue weighted by molar-refractivity contribution is -0.163. The summed E-state index contributed by atoms with van der Waals surface area (Å²) in [6.07, 6.45) is 13.8. The molecule has 2 aromatic heterocycles. The first-order chi connectivity index (χ1) is 42.8. The third-order valence-corrected chi connectivity index (χ3v) is 17.2. The first-order valence-electron chi connectivity index (χ1n) is 31.8. The van der Waals surface area contributed by atoms with Gasteiger partial charge in [-0.15, -0.1) is 0 Å². The number of carbonyl (C=O) groups is 9. The van der Waals surface area contributed by atoms with E-state index in [0.29, 0.717) is 57.3 Å². The summed E-state index contributed by atoms with van der Waals surface area (Å²) < 4.78 is 11.6. The van der Waals surface area contributed by atoms with Crippen LogP contribution in [0.1, 0.15) is 168 Å². The quantitative estimate of drug-likeness (QED) is 0.0910. The van der Waals surface area contributed by atoms with E-state index in [-0.39, 0.29) is 72.7 Å². The molecule has 11 atom stereocenters. The van der Waals surface area contributed by atoms with Crippen molar-refractivity contribution in [1.82, 2.24) is 57.0 Å². The minimum absolute atomic E-state index is 0.0450. The highest BCUT2D eigenvalue weighted by Gasteiger charge is 2.37. The maximum absolute atomic E-state index is 13.6. The summed E-state index contributed by atoms with van der Waals surface area (Å²) in [5.74, 6) is -5.17. The summed E-state index contributed by atoms with van der Waals surface area (Å²) in [6, 6.07) is 12.5. The van der Waals surface area contributed by atoms with Crippen LogP contribution in [0.25, 0.3) is 33.7 Å². The number of ketones is 1. The number of fused-ring (bicyclic) bond motifs is 8. The second kappa shape index (κ2) is 32.2. The number of rotatable bonds is 9. The minimum atomic E-state index is -1.13. The van der Waals surface area contributed by atoms with Gasteiger partial charge in [0.2, 0.25) is 11.8 Å². The molecular weight excluding hydrogens is 1150 g/mol. The van der Waals surface area contributed by atoms with E-state index < -0.39 is 77.9 Å². The normalized spacial score (nSPS) is 26.7. The Labute approximate surface area is 528 Å². The van der Waals surface area contributed by atoms with Gasteiger partial charge in [-0.25, -0.2) is 10.9 Å². The van der Waals surface area contributed by atoms with Crippen molar-refractivity contribution < 1.29 is 52.6 Å². The third kappa shape index (κ3) is 19.0. The van der Waals surface area contributed by atoms with E-state index in [1.807, 2.05) is 115 Å². The van der Waals surface area contributed by atoms with Gasteiger partial charge < -0.3 is 40.4 Å². The van der Waals surface area contributed by atoms with Crippen molar-refractivity contribution in [2.24, 2.45) is 23.7 Å². The number of cyclic esters (lactones) is 2. The number of benzene rings is 2. The summed E-state index contributed by atoms with van der Waals surface area (Å²) >= 11 is 0. The van der Waals surface area contributed by atoms with E-state index in [1.165, 1.54) is 16.9 Å². The van der Waals surface area contributed by atoms with Crippen LogP contribution in [0.3, 0.4) is 0 Å². The van der Waals surface area contributed by atoms with Gasteiger partial charge in [0.25, 0.3) is 23.6 Å². The number of hydrazine groups is 2. The molecule has 486 valence electrons. The molecule has 8 rings (SSSR count). The zero-order valence-corrected chi connectivity index (χ0v) is 54.3. The fraction of sp³-hybridized carbons (Fsp3) is 0.544. The Kier molecular flexibility index (Phi) is 24.9. The summed E-state index contributed by atoms with van der Waals surface area (Å²) in [5.41, 5.74) is 9.40. The van der Waals surface area contributed by atoms with Crippen LogP contribution in [0.2, 0.25) is 0 Å². The molecular formula is C68H93N11O11. The second-order valence-corrected chi connectivity index (χ2v) is 25.5. The molecule has 4 aliphatic heterocycles. The van der Waals surface area contributed by atoms with E-state index in [2.05, 4.69) is 60.0 Å². The first-order valence-corrected chi connectivity index (χ1v) is 31.8. The van der Waals surface area contributed by atoms with Gasteiger partial charge in [-0.2, -0.15) is 0 Å². The number of pyridine rings is 2. The lowest BCUT2D eigenvalue weighted by atomic mass is 9.96. The van der Waals surface area contributed by atoms with E-state index in [1.54, 1.807) is 33.9 Å². The van der Waals surface area contributed by atoms with Crippen LogP contribution in [0.15, 0.2) is 73.1 Å². The monoisotopic (exact) mass is 1240 g/mol. The molecule has 6 heterocycles.